The molecule has 0 aliphatic carbocycles. The molecule has 152 valence electrons. The first-order valence-electron chi connectivity index (χ1n) is 9.45. The molecule has 29 heavy (non-hydrogen) atoms. The summed E-state index contributed by atoms with van der Waals surface area (Å²) >= 11 is 0. The number of carbonyl (C=O) groups excluding carboxylic acids is 2. The van der Waals surface area contributed by atoms with Crippen molar-refractivity contribution in [2.45, 2.75) is 33.7 Å². The molecule has 1 aromatic carbocycles. The van der Waals surface area contributed by atoms with Crippen LogP contribution in [0, 0.1) is 25.2 Å². The van der Waals surface area contributed by atoms with E-state index in [1.807, 2.05) is 51.0 Å². The van der Waals surface area contributed by atoms with E-state index in [2.05, 4.69) is 22.3 Å². The maximum atomic E-state index is 12.4. The van der Waals surface area contributed by atoms with Crippen LogP contribution in [-0.4, -0.2) is 30.5 Å². The largest absolute Gasteiger partial charge is 0.378 e. The second kappa shape index (κ2) is 9.60. The van der Waals surface area contributed by atoms with Gasteiger partial charge in [-0.2, -0.15) is 5.26 Å². The first kappa shape index (κ1) is 21.8. The molecule has 2 N–H and O–H groups in total. The molecule has 7 heteroatoms. The highest BCUT2D eigenvalue weighted by Gasteiger charge is 2.14. The average Bonchev–Trinajstić information content (AvgIpc) is 2.97. The van der Waals surface area contributed by atoms with Crippen LogP contribution in [0.2, 0.25) is 0 Å². The van der Waals surface area contributed by atoms with Gasteiger partial charge in [-0.25, -0.2) is 0 Å². The number of hydrogen-bond acceptors (Lipinski definition) is 4. The SMILES string of the molecule is CCCn1c(C)cc(C=C(C#N)C(=O)NNC(=O)c2cccc(N(C)C)c2)c1C. The van der Waals surface area contributed by atoms with Crippen molar-refractivity contribution in [2.75, 3.05) is 19.0 Å². The Morgan fingerprint density at radius 3 is 2.55 bits per heavy atom. The summed E-state index contributed by atoms with van der Waals surface area (Å²) in [4.78, 5) is 26.6. The highest BCUT2D eigenvalue weighted by Crippen LogP contribution is 2.19. The molecule has 2 aromatic rings. The number of nitriles is 1. The highest BCUT2D eigenvalue weighted by molar-refractivity contribution is 6.04. The fourth-order valence-electron chi connectivity index (χ4n) is 3.02. The molecule has 0 unspecified atom stereocenters. The number of hydrazine groups is 1. The van der Waals surface area contributed by atoms with Gasteiger partial charge >= 0.3 is 0 Å². The van der Waals surface area contributed by atoms with Gasteiger partial charge < -0.3 is 9.47 Å². The molecule has 0 saturated heterocycles. The summed E-state index contributed by atoms with van der Waals surface area (Å²) in [6.45, 7) is 6.93. The lowest BCUT2D eigenvalue weighted by atomic mass is 10.1. The van der Waals surface area contributed by atoms with Crippen molar-refractivity contribution in [2.24, 2.45) is 0 Å². The van der Waals surface area contributed by atoms with Crippen LogP contribution in [0.1, 0.15) is 40.7 Å². The van der Waals surface area contributed by atoms with Crippen molar-refractivity contribution in [3.63, 3.8) is 0 Å². The Morgan fingerprint density at radius 1 is 1.21 bits per heavy atom. The minimum absolute atomic E-state index is 0.0795. The van der Waals surface area contributed by atoms with E-state index >= 15 is 0 Å². The summed E-state index contributed by atoms with van der Waals surface area (Å²) in [5.74, 6) is -1.12. The van der Waals surface area contributed by atoms with Crippen molar-refractivity contribution in [3.8, 4) is 6.07 Å². The number of hydrogen-bond donors (Lipinski definition) is 2. The molecule has 0 atom stereocenters. The van der Waals surface area contributed by atoms with Gasteiger partial charge in [0.15, 0.2) is 0 Å². The van der Waals surface area contributed by atoms with Crippen molar-refractivity contribution in [1.82, 2.24) is 15.4 Å². The summed E-state index contributed by atoms with van der Waals surface area (Å²) in [6, 6.07) is 10.9. The summed E-state index contributed by atoms with van der Waals surface area (Å²) in [6.07, 6.45) is 2.54. The Morgan fingerprint density at radius 2 is 1.93 bits per heavy atom. The maximum Gasteiger partial charge on any atom is 0.280 e. The van der Waals surface area contributed by atoms with E-state index in [1.54, 1.807) is 24.3 Å². The number of rotatable bonds is 6. The zero-order valence-corrected chi connectivity index (χ0v) is 17.5. The number of carbonyl (C=O) groups is 2. The van der Waals surface area contributed by atoms with Gasteiger partial charge in [0.2, 0.25) is 0 Å². The third-order valence-electron chi connectivity index (χ3n) is 4.64. The molecule has 1 aromatic heterocycles. The molecule has 0 fully saturated rings. The number of amides is 2. The summed E-state index contributed by atoms with van der Waals surface area (Å²) in [5, 5.41) is 9.40. The van der Waals surface area contributed by atoms with E-state index in [0.29, 0.717) is 5.56 Å². The molecular formula is C22H27N5O2. The van der Waals surface area contributed by atoms with Crippen LogP contribution in [0.4, 0.5) is 5.69 Å². The first-order chi connectivity index (χ1) is 13.8. The Hall–Kier alpha value is -3.53. The van der Waals surface area contributed by atoms with Crippen molar-refractivity contribution < 1.29 is 9.59 Å². The molecule has 0 aliphatic rings. The zero-order chi connectivity index (χ0) is 21.6. The number of benzene rings is 1. The number of nitrogens with one attached hydrogen (secondary N) is 2. The smallest absolute Gasteiger partial charge is 0.280 e. The molecular weight excluding hydrogens is 366 g/mol. The quantitative estimate of drug-likeness (QED) is 0.449. The normalized spacial score (nSPS) is 11.0. The van der Waals surface area contributed by atoms with E-state index in [-0.39, 0.29) is 5.57 Å². The average molecular weight is 393 g/mol. The van der Waals surface area contributed by atoms with E-state index < -0.39 is 11.8 Å². The summed E-state index contributed by atoms with van der Waals surface area (Å²) in [5.41, 5.74) is 8.75. The summed E-state index contributed by atoms with van der Waals surface area (Å²) < 4.78 is 2.15. The van der Waals surface area contributed by atoms with Crippen LogP contribution in [-0.2, 0) is 11.3 Å². The Kier molecular flexibility index (Phi) is 7.21. The monoisotopic (exact) mass is 393 g/mol. The fraction of sp³-hybridized carbons (Fsp3) is 0.318. The van der Waals surface area contributed by atoms with Crippen LogP contribution in [0.15, 0.2) is 35.9 Å². The second-order valence-electron chi connectivity index (χ2n) is 7.00. The van der Waals surface area contributed by atoms with E-state index in [0.717, 1.165) is 35.6 Å². The Labute approximate surface area is 171 Å². The van der Waals surface area contributed by atoms with Gasteiger partial charge in [0.1, 0.15) is 11.6 Å². The fourth-order valence-corrected chi connectivity index (χ4v) is 3.02. The third kappa shape index (κ3) is 5.26. The van der Waals surface area contributed by atoms with Gasteiger partial charge in [0.05, 0.1) is 0 Å². The lowest BCUT2D eigenvalue weighted by Gasteiger charge is -2.13. The molecule has 1 heterocycles. The lowest BCUT2D eigenvalue weighted by Crippen LogP contribution is -2.42. The van der Waals surface area contributed by atoms with Crippen LogP contribution in [0.3, 0.4) is 0 Å². The third-order valence-corrected chi connectivity index (χ3v) is 4.64. The first-order valence-corrected chi connectivity index (χ1v) is 9.45. The van der Waals surface area contributed by atoms with Crippen molar-refractivity contribution in [1.29, 1.82) is 5.26 Å². The Balaban J connectivity index is 2.12. The molecule has 2 amide bonds. The van der Waals surface area contributed by atoms with Crippen LogP contribution >= 0.6 is 0 Å². The number of nitrogens with zero attached hydrogens (tertiary/aromatic N) is 3. The number of anilines is 1. The van der Waals surface area contributed by atoms with Gasteiger partial charge in [0.25, 0.3) is 11.8 Å². The minimum Gasteiger partial charge on any atom is -0.378 e. The van der Waals surface area contributed by atoms with E-state index in [9.17, 15) is 14.9 Å². The van der Waals surface area contributed by atoms with Gasteiger partial charge in [-0.05, 0) is 56.2 Å². The predicted molar refractivity (Wildman–Crippen MR) is 114 cm³/mol. The lowest BCUT2D eigenvalue weighted by molar-refractivity contribution is -0.117. The van der Waals surface area contributed by atoms with Crippen LogP contribution in [0.25, 0.3) is 6.08 Å². The standard InChI is InChI=1S/C22H27N5O2/c1-6-10-27-15(2)11-18(16(27)3)12-19(14-23)22(29)25-24-21(28)17-8-7-9-20(13-17)26(4)5/h7-9,11-13H,6,10H2,1-5H3,(H,24,28)(H,25,29). The Bertz CT molecular complexity index is 980. The number of aryl methyl sites for hydroxylation is 1. The van der Waals surface area contributed by atoms with Gasteiger partial charge in [-0.1, -0.05) is 13.0 Å². The second-order valence-corrected chi connectivity index (χ2v) is 7.00. The molecule has 2 rings (SSSR count). The molecule has 0 radical (unpaired) electrons. The van der Waals surface area contributed by atoms with Gasteiger partial charge in [-0.15, -0.1) is 0 Å². The maximum absolute atomic E-state index is 12.4. The van der Waals surface area contributed by atoms with Gasteiger partial charge in [0, 0.05) is 43.3 Å². The molecule has 0 aliphatic heterocycles. The predicted octanol–water partition coefficient (Wildman–Crippen LogP) is 2.95. The molecule has 0 spiro atoms. The topological polar surface area (TPSA) is 90.2 Å². The zero-order valence-electron chi connectivity index (χ0n) is 17.5. The van der Waals surface area contributed by atoms with E-state index in [4.69, 9.17) is 0 Å². The van der Waals surface area contributed by atoms with Crippen LogP contribution < -0.4 is 15.8 Å². The molecule has 0 bridgehead atoms. The van der Waals surface area contributed by atoms with Crippen molar-refractivity contribution in [3.05, 3.63) is 58.4 Å². The van der Waals surface area contributed by atoms with Crippen LogP contribution in [0.5, 0.6) is 0 Å². The molecule has 0 saturated carbocycles. The molecule has 7 nitrogen and oxygen atoms in total. The van der Waals surface area contributed by atoms with Crippen molar-refractivity contribution >= 4 is 23.6 Å². The minimum atomic E-state index is -0.662. The number of aromatic nitrogens is 1. The van der Waals surface area contributed by atoms with E-state index in [1.165, 1.54) is 0 Å². The summed E-state index contributed by atoms with van der Waals surface area (Å²) in [7, 11) is 3.75. The van der Waals surface area contributed by atoms with Gasteiger partial charge in [-0.3, -0.25) is 20.4 Å². The highest BCUT2D eigenvalue weighted by atomic mass is 16.2.